The molecule has 3 rings (SSSR count). The molecule has 0 bridgehead atoms. The SMILES string of the molecule is Cc1cc(O)ccc1CC(=O)NCC(=O)N1CCc2ccccc21. The lowest BCUT2D eigenvalue weighted by atomic mass is 10.1. The highest BCUT2D eigenvalue weighted by Crippen LogP contribution is 2.27. The van der Waals surface area contributed by atoms with Crippen LogP contribution in [0.15, 0.2) is 42.5 Å². The Morgan fingerprint density at radius 1 is 1.21 bits per heavy atom. The van der Waals surface area contributed by atoms with Crippen LogP contribution in [0, 0.1) is 6.92 Å². The number of nitrogens with zero attached hydrogens (tertiary/aromatic N) is 1. The number of aromatic hydroxyl groups is 1. The molecule has 24 heavy (non-hydrogen) atoms. The third kappa shape index (κ3) is 3.40. The van der Waals surface area contributed by atoms with E-state index in [1.54, 1.807) is 23.1 Å². The van der Waals surface area contributed by atoms with Gasteiger partial charge in [-0.2, -0.15) is 0 Å². The first-order valence-electron chi connectivity index (χ1n) is 7.98. The Morgan fingerprint density at radius 3 is 2.79 bits per heavy atom. The summed E-state index contributed by atoms with van der Waals surface area (Å²) in [5.74, 6) is -0.125. The Hall–Kier alpha value is -2.82. The standard InChI is InChI=1S/C19H20N2O3/c1-13-10-16(22)7-6-15(13)11-18(23)20-12-19(24)21-9-8-14-4-2-3-5-17(14)21/h2-7,10,22H,8-9,11-12H2,1H3,(H,20,23). The second-order valence-electron chi connectivity index (χ2n) is 5.99. The van der Waals surface area contributed by atoms with Gasteiger partial charge in [-0.1, -0.05) is 24.3 Å². The van der Waals surface area contributed by atoms with Crippen molar-refractivity contribution in [1.82, 2.24) is 5.32 Å². The van der Waals surface area contributed by atoms with E-state index in [9.17, 15) is 14.7 Å². The molecule has 1 aliphatic heterocycles. The summed E-state index contributed by atoms with van der Waals surface area (Å²) in [5.41, 5.74) is 3.79. The lowest BCUT2D eigenvalue weighted by Gasteiger charge is -2.17. The molecule has 5 heteroatoms. The number of carbonyl (C=O) groups excluding carboxylic acids is 2. The van der Waals surface area contributed by atoms with E-state index in [0.29, 0.717) is 6.54 Å². The van der Waals surface area contributed by atoms with Crippen LogP contribution in [0.25, 0.3) is 0 Å². The number of nitrogens with one attached hydrogen (secondary N) is 1. The van der Waals surface area contributed by atoms with E-state index in [4.69, 9.17) is 0 Å². The highest BCUT2D eigenvalue weighted by atomic mass is 16.3. The van der Waals surface area contributed by atoms with Gasteiger partial charge in [-0.15, -0.1) is 0 Å². The molecule has 0 saturated carbocycles. The third-order valence-corrected chi connectivity index (χ3v) is 4.30. The van der Waals surface area contributed by atoms with Gasteiger partial charge in [0, 0.05) is 12.2 Å². The minimum Gasteiger partial charge on any atom is -0.508 e. The molecule has 0 unspecified atom stereocenters. The van der Waals surface area contributed by atoms with Crippen LogP contribution >= 0.6 is 0 Å². The van der Waals surface area contributed by atoms with Gasteiger partial charge in [0.15, 0.2) is 0 Å². The fraction of sp³-hybridized carbons (Fsp3) is 0.263. The minimum absolute atomic E-state index is 0.00962. The van der Waals surface area contributed by atoms with E-state index in [-0.39, 0.29) is 30.5 Å². The second-order valence-corrected chi connectivity index (χ2v) is 5.99. The van der Waals surface area contributed by atoms with Crippen LogP contribution < -0.4 is 10.2 Å². The summed E-state index contributed by atoms with van der Waals surface area (Å²) in [6, 6.07) is 12.7. The van der Waals surface area contributed by atoms with Crippen LogP contribution in [0.2, 0.25) is 0 Å². The van der Waals surface area contributed by atoms with Gasteiger partial charge in [-0.05, 0) is 48.2 Å². The maximum absolute atomic E-state index is 12.4. The molecule has 2 amide bonds. The number of anilines is 1. The highest BCUT2D eigenvalue weighted by molar-refractivity contribution is 5.98. The molecule has 124 valence electrons. The monoisotopic (exact) mass is 324 g/mol. The van der Waals surface area contributed by atoms with Gasteiger partial charge in [-0.25, -0.2) is 0 Å². The van der Waals surface area contributed by atoms with Crippen LogP contribution in [-0.4, -0.2) is 30.0 Å². The first kappa shape index (κ1) is 16.1. The number of amides is 2. The molecule has 0 spiro atoms. The molecule has 0 aliphatic carbocycles. The zero-order valence-corrected chi connectivity index (χ0v) is 13.6. The van der Waals surface area contributed by atoms with Crippen molar-refractivity contribution in [3.63, 3.8) is 0 Å². The number of phenolic OH excluding ortho intramolecular Hbond substituents is 1. The minimum atomic E-state index is -0.204. The average molecular weight is 324 g/mol. The van der Waals surface area contributed by atoms with E-state index in [0.717, 1.165) is 28.8 Å². The van der Waals surface area contributed by atoms with Crippen LogP contribution in [0.4, 0.5) is 5.69 Å². The van der Waals surface area contributed by atoms with Crippen molar-refractivity contribution in [1.29, 1.82) is 0 Å². The lowest BCUT2D eigenvalue weighted by Crippen LogP contribution is -2.40. The van der Waals surface area contributed by atoms with E-state index < -0.39 is 0 Å². The number of hydrogen-bond donors (Lipinski definition) is 2. The predicted molar refractivity (Wildman–Crippen MR) is 92.1 cm³/mol. The van der Waals surface area contributed by atoms with Crippen molar-refractivity contribution >= 4 is 17.5 Å². The molecule has 1 heterocycles. The zero-order chi connectivity index (χ0) is 17.1. The van der Waals surface area contributed by atoms with E-state index in [2.05, 4.69) is 5.32 Å². The van der Waals surface area contributed by atoms with Gasteiger partial charge in [0.25, 0.3) is 0 Å². The second kappa shape index (κ2) is 6.74. The van der Waals surface area contributed by atoms with Crippen molar-refractivity contribution in [2.45, 2.75) is 19.8 Å². The molecule has 2 aromatic rings. The number of hydrogen-bond acceptors (Lipinski definition) is 3. The number of carbonyl (C=O) groups is 2. The summed E-state index contributed by atoms with van der Waals surface area (Å²) in [4.78, 5) is 26.1. The number of para-hydroxylation sites is 1. The maximum Gasteiger partial charge on any atom is 0.246 e. The van der Waals surface area contributed by atoms with Crippen molar-refractivity contribution < 1.29 is 14.7 Å². The Kier molecular flexibility index (Phi) is 4.51. The van der Waals surface area contributed by atoms with Crippen molar-refractivity contribution in [2.24, 2.45) is 0 Å². The lowest BCUT2D eigenvalue weighted by molar-refractivity contribution is -0.124. The third-order valence-electron chi connectivity index (χ3n) is 4.30. The Morgan fingerprint density at radius 2 is 2.00 bits per heavy atom. The van der Waals surface area contributed by atoms with Gasteiger partial charge in [0.2, 0.25) is 11.8 Å². The number of rotatable bonds is 4. The van der Waals surface area contributed by atoms with Crippen LogP contribution in [0.5, 0.6) is 5.75 Å². The summed E-state index contributed by atoms with van der Waals surface area (Å²) in [7, 11) is 0. The smallest absolute Gasteiger partial charge is 0.246 e. The Bertz CT molecular complexity index is 786. The molecule has 0 radical (unpaired) electrons. The van der Waals surface area contributed by atoms with Crippen molar-refractivity contribution in [3.8, 4) is 5.75 Å². The molecular formula is C19H20N2O3. The van der Waals surface area contributed by atoms with Crippen LogP contribution in [0.3, 0.4) is 0 Å². The first-order chi connectivity index (χ1) is 11.5. The zero-order valence-electron chi connectivity index (χ0n) is 13.6. The number of benzene rings is 2. The molecule has 0 aromatic heterocycles. The summed E-state index contributed by atoms with van der Waals surface area (Å²) in [6.45, 7) is 2.49. The van der Waals surface area contributed by atoms with Crippen LogP contribution in [-0.2, 0) is 22.4 Å². The molecule has 0 atom stereocenters. The van der Waals surface area contributed by atoms with Crippen LogP contribution in [0.1, 0.15) is 16.7 Å². The molecule has 2 aromatic carbocycles. The first-order valence-corrected chi connectivity index (χ1v) is 7.98. The topological polar surface area (TPSA) is 69.6 Å². The van der Waals surface area contributed by atoms with Gasteiger partial charge in [0.05, 0.1) is 13.0 Å². The van der Waals surface area contributed by atoms with Gasteiger partial charge >= 0.3 is 0 Å². The molecule has 1 aliphatic rings. The fourth-order valence-electron chi connectivity index (χ4n) is 2.98. The number of fused-ring (bicyclic) bond motifs is 1. The summed E-state index contributed by atoms with van der Waals surface area (Å²) in [6.07, 6.45) is 1.04. The normalized spacial score (nSPS) is 12.8. The largest absolute Gasteiger partial charge is 0.508 e. The Balaban J connectivity index is 1.56. The predicted octanol–water partition coefficient (Wildman–Crippen LogP) is 1.95. The van der Waals surface area contributed by atoms with Gasteiger partial charge in [0.1, 0.15) is 5.75 Å². The maximum atomic E-state index is 12.4. The molecule has 0 fully saturated rings. The van der Waals surface area contributed by atoms with Gasteiger partial charge < -0.3 is 15.3 Å². The van der Waals surface area contributed by atoms with E-state index in [1.165, 1.54) is 0 Å². The number of aryl methyl sites for hydroxylation is 1. The average Bonchev–Trinajstić information content (AvgIpc) is 2.99. The quantitative estimate of drug-likeness (QED) is 0.903. The summed E-state index contributed by atoms with van der Waals surface area (Å²) < 4.78 is 0. The number of phenols is 1. The molecule has 0 saturated heterocycles. The molecular weight excluding hydrogens is 304 g/mol. The fourth-order valence-corrected chi connectivity index (χ4v) is 2.98. The van der Waals surface area contributed by atoms with E-state index in [1.807, 2.05) is 31.2 Å². The van der Waals surface area contributed by atoms with Crippen molar-refractivity contribution in [3.05, 3.63) is 59.2 Å². The Labute approximate surface area is 140 Å². The molecule has 2 N–H and O–H groups in total. The summed E-state index contributed by atoms with van der Waals surface area (Å²) >= 11 is 0. The van der Waals surface area contributed by atoms with Crippen molar-refractivity contribution in [2.75, 3.05) is 18.0 Å². The molecule has 5 nitrogen and oxygen atoms in total. The highest BCUT2D eigenvalue weighted by Gasteiger charge is 2.24. The van der Waals surface area contributed by atoms with Gasteiger partial charge in [-0.3, -0.25) is 9.59 Å². The van der Waals surface area contributed by atoms with E-state index >= 15 is 0 Å². The summed E-state index contributed by atoms with van der Waals surface area (Å²) in [5, 5.41) is 12.1.